The molecular weight excluding hydrogens is 248 g/mol. The summed E-state index contributed by atoms with van der Waals surface area (Å²) in [4.78, 5) is 0.228. The monoisotopic (exact) mass is 262 g/mol. The molecule has 4 nitrogen and oxygen atoms in total. The van der Waals surface area contributed by atoms with E-state index < -0.39 is 10.0 Å². The number of para-hydroxylation sites is 2. The molecule has 0 bridgehead atoms. The first-order valence-electron chi connectivity index (χ1n) is 5.43. The Morgan fingerprint density at radius 3 is 2.44 bits per heavy atom. The maximum atomic E-state index is 12.1. The number of nitrogens with two attached hydrogens (primary N) is 1. The Balaban J connectivity index is 2.37. The number of sulfonamides is 1. The Labute approximate surface area is 107 Å². The molecule has 0 fully saturated rings. The van der Waals surface area contributed by atoms with Crippen molar-refractivity contribution in [3.05, 3.63) is 54.1 Å². The van der Waals surface area contributed by atoms with Crippen molar-refractivity contribution in [3.8, 4) is 0 Å². The predicted molar refractivity (Wildman–Crippen MR) is 72.8 cm³/mol. The molecule has 0 aliphatic carbocycles. The van der Waals surface area contributed by atoms with Gasteiger partial charge in [-0.1, -0.05) is 24.3 Å². The van der Waals surface area contributed by atoms with Gasteiger partial charge in [0.2, 0.25) is 0 Å². The number of hydrogen-bond donors (Lipinski definition) is 2. The van der Waals surface area contributed by atoms with E-state index in [2.05, 4.69) is 4.72 Å². The smallest absolute Gasteiger partial charge is 0.261 e. The maximum Gasteiger partial charge on any atom is 0.261 e. The Bertz CT molecular complexity index is 666. The lowest BCUT2D eigenvalue weighted by atomic mass is 10.2. The summed E-state index contributed by atoms with van der Waals surface area (Å²) in [5.41, 5.74) is 7.38. The minimum atomic E-state index is -3.59. The van der Waals surface area contributed by atoms with E-state index in [0.29, 0.717) is 11.4 Å². The summed E-state index contributed by atoms with van der Waals surface area (Å²) in [5.74, 6) is 0. The highest BCUT2D eigenvalue weighted by molar-refractivity contribution is 7.92. The van der Waals surface area contributed by atoms with Gasteiger partial charge in [0.05, 0.1) is 16.3 Å². The lowest BCUT2D eigenvalue weighted by molar-refractivity contribution is 0.601. The molecule has 18 heavy (non-hydrogen) atoms. The quantitative estimate of drug-likeness (QED) is 0.834. The van der Waals surface area contributed by atoms with Gasteiger partial charge in [-0.05, 0) is 36.8 Å². The molecule has 0 unspecified atom stereocenters. The van der Waals surface area contributed by atoms with Gasteiger partial charge >= 0.3 is 0 Å². The number of aryl methyl sites for hydroxylation is 1. The minimum absolute atomic E-state index is 0.228. The van der Waals surface area contributed by atoms with Crippen molar-refractivity contribution in [2.24, 2.45) is 0 Å². The van der Waals surface area contributed by atoms with Crippen LogP contribution < -0.4 is 10.5 Å². The van der Waals surface area contributed by atoms with Crippen LogP contribution in [0.3, 0.4) is 0 Å². The molecule has 94 valence electrons. The fourth-order valence-electron chi connectivity index (χ4n) is 1.58. The van der Waals surface area contributed by atoms with E-state index in [1.807, 2.05) is 13.0 Å². The minimum Gasteiger partial charge on any atom is -0.397 e. The summed E-state index contributed by atoms with van der Waals surface area (Å²) in [5, 5.41) is 0. The van der Waals surface area contributed by atoms with Gasteiger partial charge in [-0.3, -0.25) is 4.72 Å². The average Bonchev–Trinajstić information content (AvgIpc) is 2.32. The molecule has 0 aliphatic rings. The van der Waals surface area contributed by atoms with Crippen LogP contribution in [-0.4, -0.2) is 8.42 Å². The number of rotatable bonds is 3. The third kappa shape index (κ3) is 2.62. The van der Waals surface area contributed by atoms with Gasteiger partial charge < -0.3 is 5.73 Å². The maximum absolute atomic E-state index is 12.1. The lowest BCUT2D eigenvalue weighted by Crippen LogP contribution is -2.14. The fraction of sp³-hybridized carbons (Fsp3) is 0.0769. The molecule has 0 radical (unpaired) electrons. The van der Waals surface area contributed by atoms with Crippen molar-refractivity contribution >= 4 is 21.4 Å². The zero-order valence-corrected chi connectivity index (χ0v) is 10.7. The standard InChI is InChI=1S/C13H14N2O2S/c1-10-5-4-6-11(9-10)18(16,17)15-13-8-3-2-7-12(13)14/h2-9,15H,14H2,1H3. The van der Waals surface area contributed by atoms with Crippen LogP contribution in [0.25, 0.3) is 0 Å². The van der Waals surface area contributed by atoms with Crippen molar-refractivity contribution in [2.75, 3.05) is 10.5 Å². The van der Waals surface area contributed by atoms with Crippen LogP contribution in [0.2, 0.25) is 0 Å². The van der Waals surface area contributed by atoms with Crippen LogP contribution in [0.4, 0.5) is 11.4 Å². The first kappa shape index (κ1) is 12.4. The second kappa shape index (κ2) is 4.70. The molecule has 2 rings (SSSR count). The van der Waals surface area contributed by atoms with E-state index in [4.69, 9.17) is 5.73 Å². The predicted octanol–water partition coefficient (Wildman–Crippen LogP) is 2.38. The number of benzene rings is 2. The highest BCUT2D eigenvalue weighted by Crippen LogP contribution is 2.21. The van der Waals surface area contributed by atoms with Crippen LogP contribution >= 0.6 is 0 Å². The largest absolute Gasteiger partial charge is 0.397 e. The van der Waals surface area contributed by atoms with Crippen LogP contribution in [0, 0.1) is 6.92 Å². The number of anilines is 2. The summed E-state index contributed by atoms with van der Waals surface area (Å²) >= 11 is 0. The lowest BCUT2D eigenvalue weighted by Gasteiger charge is -2.10. The van der Waals surface area contributed by atoms with Crippen LogP contribution in [0.5, 0.6) is 0 Å². The number of hydrogen-bond acceptors (Lipinski definition) is 3. The van der Waals surface area contributed by atoms with E-state index in [9.17, 15) is 8.42 Å². The molecule has 0 saturated heterocycles. The highest BCUT2D eigenvalue weighted by Gasteiger charge is 2.14. The summed E-state index contributed by atoms with van der Waals surface area (Å²) in [7, 11) is -3.59. The van der Waals surface area contributed by atoms with Crippen molar-refractivity contribution in [3.63, 3.8) is 0 Å². The second-order valence-corrected chi connectivity index (χ2v) is 5.69. The number of nitrogen functional groups attached to an aromatic ring is 1. The Hall–Kier alpha value is -2.01. The van der Waals surface area contributed by atoms with E-state index in [-0.39, 0.29) is 4.90 Å². The molecule has 0 spiro atoms. The first-order chi connectivity index (χ1) is 8.49. The zero-order chi connectivity index (χ0) is 13.2. The van der Waals surface area contributed by atoms with Crippen molar-refractivity contribution in [1.82, 2.24) is 0 Å². The fourth-order valence-corrected chi connectivity index (χ4v) is 2.77. The van der Waals surface area contributed by atoms with Gasteiger partial charge in [0.1, 0.15) is 0 Å². The van der Waals surface area contributed by atoms with Crippen LogP contribution in [-0.2, 0) is 10.0 Å². The molecule has 0 aliphatic heterocycles. The third-order valence-corrected chi connectivity index (χ3v) is 3.87. The summed E-state index contributed by atoms with van der Waals surface area (Å²) < 4.78 is 26.8. The summed E-state index contributed by atoms with van der Waals surface area (Å²) in [6, 6.07) is 13.5. The molecule has 0 saturated carbocycles. The Kier molecular flexibility index (Phi) is 3.25. The summed E-state index contributed by atoms with van der Waals surface area (Å²) in [6.07, 6.45) is 0. The number of nitrogens with one attached hydrogen (secondary N) is 1. The second-order valence-electron chi connectivity index (χ2n) is 4.01. The molecule has 0 heterocycles. The van der Waals surface area contributed by atoms with E-state index in [1.165, 1.54) is 0 Å². The van der Waals surface area contributed by atoms with Gasteiger partial charge in [-0.2, -0.15) is 0 Å². The Morgan fingerprint density at radius 2 is 1.78 bits per heavy atom. The molecule has 5 heteroatoms. The molecule has 2 aromatic carbocycles. The molecule has 2 aromatic rings. The van der Waals surface area contributed by atoms with Crippen molar-refractivity contribution in [2.45, 2.75) is 11.8 Å². The van der Waals surface area contributed by atoms with Gasteiger partial charge in [0, 0.05) is 0 Å². The van der Waals surface area contributed by atoms with Gasteiger partial charge in [-0.25, -0.2) is 8.42 Å². The molecule has 0 atom stereocenters. The first-order valence-corrected chi connectivity index (χ1v) is 6.91. The van der Waals surface area contributed by atoms with Crippen LogP contribution in [0.1, 0.15) is 5.56 Å². The van der Waals surface area contributed by atoms with E-state index in [1.54, 1.807) is 42.5 Å². The van der Waals surface area contributed by atoms with Crippen LogP contribution in [0.15, 0.2) is 53.4 Å². The third-order valence-electron chi connectivity index (χ3n) is 2.50. The van der Waals surface area contributed by atoms with Gasteiger partial charge in [-0.15, -0.1) is 0 Å². The van der Waals surface area contributed by atoms with Crippen molar-refractivity contribution < 1.29 is 8.42 Å². The summed E-state index contributed by atoms with van der Waals surface area (Å²) in [6.45, 7) is 1.84. The van der Waals surface area contributed by atoms with Gasteiger partial charge in [0.15, 0.2) is 0 Å². The Morgan fingerprint density at radius 1 is 1.06 bits per heavy atom. The normalized spacial score (nSPS) is 11.2. The molecule has 0 amide bonds. The SMILES string of the molecule is Cc1cccc(S(=O)(=O)Nc2ccccc2N)c1. The average molecular weight is 262 g/mol. The van der Waals surface area contributed by atoms with Crippen molar-refractivity contribution in [1.29, 1.82) is 0 Å². The molecule has 3 N–H and O–H groups in total. The van der Waals surface area contributed by atoms with Gasteiger partial charge in [0.25, 0.3) is 10.0 Å². The van der Waals surface area contributed by atoms with E-state index >= 15 is 0 Å². The van der Waals surface area contributed by atoms with E-state index in [0.717, 1.165) is 5.56 Å². The zero-order valence-electron chi connectivity index (χ0n) is 9.92. The topological polar surface area (TPSA) is 72.2 Å². The highest BCUT2D eigenvalue weighted by atomic mass is 32.2. The molecule has 0 aromatic heterocycles. The molecular formula is C13H14N2O2S.